The van der Waals surface area contributed by atoms with Crippen LogP contribution in [0.15, 0.2) is 36.4 Å². The van der Waals surface area contributed by atoms with Gasteiger partial charge in [-0.25, -0.2) is 4.39 Å². The van der Waals surface area contributed by atoms with Gasteiger partial charge in [-0.3, -0.25) is 19.2 Å². The van der Waals surface area contributed by atoms with Crippen LogP contribution in [-0.2, 0) is 14.3 Å². The van der Waals surface area contributed by atoms with Crippen LogP contribution < -0.4 is 21.5 Å². The number of esters is 1. The molecule has 0 spiro atoms. The Balaban J connectivity index is 2.01. The maximum absolute atomic E-state index is 13.6. The summed E-state index contributed by atoms with van der Waals surface area (Å²) in [7, 11) is 0. The lowest BCUT2D eigenvalue weighted by atomic mass is 9.85. The van der Waals surface area contributed by atoms with Crippen molar-refractivity contribution < 1.29 is 33.0 Å². The zero-order valence-electron chi connectivity index (χ0n) is 20.0. The molecule has 3 rings (SSSR count). The lowest BCUT2D eigenvalue weighted by molar-refractivity contribution is -0.167. The van der Waals surface area contributed by atoms with Gasteiger partial charge in [-0.05, 0) is 63.6 Å². The molecule has 0 saturated carbocycles. The summed E-state index contributed by atoms with van der Waals surface area (Å²) in [5.41, 5.74) is 10.7. The summed E-state index contributed by atoms with van der Waals surface area (Å²) in [6.45, 7) is 4.71. The van der Waals surface area contributed by atoms with E-state index in [2.05, 4.69) is 5.32 Å². The molecule has 1 aliphatic rings. The highest BCUT2D eigenvalue weighted by Crippen LogP contribution is 2.42. The van der Waals surface area contributed by atoms with Crippen LogP contribution in [0.1, 0.15) is 65.9 Å². The number of nitrogens with one attached hydrogen (secondary N) is 1. The summed E-state index contributed by atoms with van der Waals surface area (Å²) in [6, 6.07) is 6.09. The lowest BCUT2D eigenvalue weighted by Crippen LogP contribution is -2.56. The van der Waals surface area contributed by atoms with E-state index in [1.165, 1.54) is 19.1 Å². The number of carbonyl (C=O) groups excluding carboxylic acids is 4. The van der Waals surface area contributed by atoms with Gasteiger partial charge in [0, 0.05) is 23.1 Å². The Kier molecular flexibility index (Phi) is 8.00. The first-order chi connectivity index (χ1) is 16.8. The monoisotopic (exact) mass is 519 g/mol. The third kappa shape index (κ3) is 6.00. The lowest BCUT2D eigenvalue weighted by Gasteiger charge is -2.44. The second kappa shape index (κ2) is 10.6. The molecule has 11 heteroatoms. The van der Waals surface area contributed by atoms with E-state index in [-0.39, 0.29) is 29.2 Å². The molecule has 192 valence electrons. The molecule has 1 heterocycles. The van der Waals surface area contributed by atoms with Gasteiger partial charge in [-0.2, -0.15) is 0 Å². The molecule has 5 N–H and O–H groups in total. The predicted molar refractivity (Wildman–Crippen MR) is 129 cm³/mol. The molecule has 2 aromatic carbocycles. The molecule has 0 aliphatic carbocycles. The minimum Gasteiger partial charge on any atom is -0.484 e. The van der Waals surface area contributed by atoms with Gasteiger partial charge >= 0.3 is 5.97 Å². The van der Waals surface area contributed by atoms with Gasteiger partial charge < -0.3 is 26.3 Å². The minimum atomic E-state index is -1.15. The molecule has 0 saturated heterocycles. The number of hydrogen-bond acceptors (Lipinski definition) is 7. The molecule has 1 aliphatic heterocycles. The number of primary amides is 1. The van der Waals surface area contributed by atoms with Crippen LogP contribution in [0.4, 0.5) is 4.39 Å². The molecule has 0 radical (unpaired) electrons. The van der Waals surface area contributed by atoms with E-state index < -0.39 is 47.4 Å². The highest BCUT2D eigenvalue weighted by atomic mass is 35.5. The van der Waals surface area contributed by atoms with Gasteiger partial charge in [-0.1, -0.05) is 11.6 Å². The molecule has 0 unspecified atom stereocenters. The van der Waals surface area contributed by atoms with Crippen molar-refractivity contribution in [3.63, 3.8) is 0 Å². The summed E-state index contributed by atoms with van der Waals surface area (Å²) >= 11 is 5.84. The molecule has 0 aromatic heterocycles. The molecular formula is C25H27ClFN3O6. The van der Waals surface area contributed by atoms with E-state index in [1.807, 2.05) is 0 Å². The van der Waals surface area contributed by atoms with Crippen molar-refractivity contribution in [2.24, 2.45) is 11.5 Å². The van der Waals surface area contributed by atoms with Crippen molar-refractivity contribution in [3.05, 3.63) is 63.9 Å². The third-order valence-corrected chi connectivity index (χ3v) is 6.12. The first-order valence-corrected chi connectivity index (χ1v) is 11.5. The van der Waals surface area contributed by atoms with E-state index >= 15 is 0 Å². The SMILES string of the molecule is CC(=O)c1ccc2c(c1)[C@H](NC(=O)c1ccc(F)c(Cl)c1)[C@H](OC(=O)[C@@H](N)CCC(N)=O)C(C)(C)O2. The standard InChI is InChI=1S/C25H27ClFN3O6/c1-12(31)13-5-8-19-15(10-13)21(30-23(33)14-4-6-17(27)16(26)11-14)22(25(2,3)36-19)35-24(34)18(28)7-9-20(29)32/h4-6,8,10-11,18,21-22H,7,9,28H2,1-3H3,(H2,29,32)(H,30,33)/t18-,21-,22-/m0/s1. The van der Waals surface area contributed by atoms with Gasteiger partial charge in [0.05, 0.1) is 11.1 Å². The van der Waals surface area contributed by atoms with E-state index in [0.717, 1.165) is 6.07 Å². The second-order valence-electron chi connectivity index (χ2n) is 9.06. The first-order valence-electron chi connectivity index (χ1n) is 11.1. The molecule has 2 amide bonds. The summed E-state index contributed by atoms with van der Waals surface area (Å²) < 4.78 is 25.4. The van der Waals surface area contributed by atoms with Crippen LogP contribution in [0, 0.1) is 5.82 Å². The van der Waals surface area contributed by atoms with Crippen LogP contribution in [0.5, 0.6) is 5.75 Å². The number of hydrogen-bond donors (Lipinski definition) is 3. The number of benzene rings is 2. The molecule has 9 nitrogen and oxygen atoms in total. The minimum absolute atomic E-state index is 0.0294. The van der Waals surface area contributed by atoms with E-state index in [0.29, 0.717) is 16.9 Å². The second-order valence-corrected chi connectivity index (χ2v) is 9.47. The fourth-order valence-electron chi connectivity index (χ4n) is 3.86. The van der Waals surface area contributed by atoms with E-state index in [9.17, 15) is 23.6 Å². The average molecular weight is 520 g/mol. The summed E-state index contributed by atoms with van der Waals surface area (Å²) in [5, 5.41) is 2.56. The van der Waals surface area contributed by atoms with Gasteiger partial charge in [0.15, 0.2) is 11.9 Å². The third-order valence-electron chi connectivity index (χ3n) is 5.83. The zero-order chi connectivity index (χ0) is 26.8. The fraction of sp³-hybridized carbons (Fsp3) is 0.360. The topological polar surface area (TPSA) is 151 Å². The molecule has 36 heavy (non-hydrogen) atoms. The van der Waals surface area contributed by atoms with Crippen molar-refractivity contribution >= 4 is 35.2 Å². The number of carbonyl (C=O) groups is 4. The highest BCUT2D eigenvalue weighted by Gasteiger charge is 2.48. The van der Waals surface area contributed by atoms with Crippen LogP contribution >= 0.6 is 11.6 Å². The number of halogens is 2. The molecule has 2 aromatic rings. The number of Topliss-reactive ketones (excluding diaryl/α,β-unsaturated/α-hetero) is 1. The smallest absolute Gasteiger partial charge is 0.323 e. The fourth-order valence-corrected chi connectivity index (χ4v) is 4.04. The Morgan fingerprint density at radius 1 is 1.17 bits per heavy atom. The summed E-state index contributed by atoms with van der Waals surface area (Å²) in [6.07, 6.45) is -1.24. The maximum atomic E-state index is 13.6. The predicted octanol–water partition coefficient (Wildman–Crippen LogP) is 2.83. The van der Waals surface area contributed by atoms with Gasteiger partial charge in [0.2, 0.25) is 5.91 Å². The summed E-state index contributed by atoms with van der Waals surface area (Å²) in [4.78, 5) is 49.1. The molecular weight excluding hydrogens is 493 g/mol. The van der Waals surface area contributed by atoms with Crippen molar-refractivity contribution in [2.45, 2.75) is 57.4 Å². The normalized spacial score (nSPS) is 18.8. The van der Waals surface area contributed by atoms with Gasteiger partial charge in [0.1, 0.15) is 23.2 Å². The van der Waals surface area contributed by atoms with Crippen molar-refractivity contribution in [3.8, 4) is 5.75 Å². The number of rotatable bonds is 8. The van der Waals surface area contributed by atoms with Crippen molar-refractivity contribution in [2.75, 3.05) is 0 Å². The largest absolute Gasteiger partial charge is 0.484 e. The number of ether oxygens (including phenoxy) is 2. The van der Waals surface area contributed by atoms with E-state index in [1.54, 1.807) is 32.0 Å². The van der Waals surface area contributed by atoms with Crippen molar-refractivity contribution in [1.29, 1.82) is 0 Å². The molecule has 0 fully saturated rings. The maximum Gasteiger partial charge on any atom is 0.323 e. The number of ketones is 1. The average Bonchev–Trinajstić information content (AvgIpc) is 2.80. The van der Waals surface area contributed by atoms with Crippen LogP contribution in [0.25, 0.3) is 0 Å². The van der Waals surface area contributed by atoms with Crippen molar-refractivity contribution in [1.82, 2.24) is 5.32 Å². The van der Waals surface area contributed by atoms with E-state index in [4.69, 9.17) is 32.5 Å². The molecule has 3 atom stereocenters. The van der Waals surface area contributed by atoms with Crippen LogP contribution in [0.2, 0.25) is 5.02 Å². The Bertz CT molecular complexity index is 1220. The zero-order valence-corrected chi connectivity index (χ0v) is 20.7. The van der Waals surface area contributed by atoms with Crippen LogP contribution in [-0.4, -0.2) is 41.3 Å². The number of amides is 2. The Labute approximate surface area is 212 Å². The number of fused-ring (bicyclic) bond motifs is 1. The quantitative estimate of drug-likeness (QED) is 0.358. The van der Waals surface area contributed by atoms with Crippen LogP contribution in [0.3, 0.4) is 0 Å². The van der Waals surface area contributed by atoms with Gasteiger partial charge in [0.25, 0.3) is 5.91 Å². The highest BCUT2D eigenvalue weighted by molar-refractivity contribution is 6.31. The Morgan fingerprint density at radius 2 is 1.83 bits per heavy atom. The van der Waals surface area contributed by atoms with Gasteiger partial charge in [-0.15, -0.1) is 0 Å². The Hall–Kier alpha value is -3.50. The molecule has 0 bridgehead atoms. The number of nitrogens with two attached hydrogens (primary N) is 2. The summed E-state index contributed by atoms with van der Waals surface area (Å²) in [5.74, 6) is -2.61. The Morgan fingerprint density at radius 3 is 2.44 bits per heavy atom. The first kappa shape index (κ1) is 27.1.